The Labute approximate surface area is 164 Å². The summed E-state index contributed by atoms with van der Waals surface area (Å²) in [7, 11) is 1.27. The highest BCUT2D eigenvalue weighted by Crippen LogP contribution is 2.46. The second-order valence-electron chi connectivity index (χ2n) is 6.18. The van der Waals surface area contributed by atoms with E-state index in [1.807, 2.05) is 91.0 Å². The average Bonchev–Trinajstić information content (AvgIpc) is 2.75. The normalized spacial score (nSPS) is 10.9. The van der Waals surface area contributed by atoms with Crippen molar-refractivity contribution in [2.45, 2.75) is 6.42 Å². The van der Waals surface area contributed by atoms with Crippen LogP contribution in [0.25, 0.3) is 0 Å². The molecule has 0 bridgehead atoms. The fraction of sp³-hybridized carbons (Fsp3) is 0.0870. The number of rotatable bonds is 6. The predicted octanol–water partition coefficient (Wildman–Crippen LogP) is 2.80. The molecule has 1 N–H and O–H groups in total. The molecule has 0 aromatic heterocycles. The van der Waals surface area contributed by atoms with Gasteiger partial charge >= 0.3 is 11.9 Å². The number of carboxylic acid groups (broad SMARTS) is 1. The molecule has 0 aliphatic rings. The molecule has 0 aliphatic heterocycles. The quantitative estimate of drug-likeness (QED) is 0.518. The number of benzene rings is 3. The van der Waals surface area contributed by atoms with Crippen LogP contribution in [0.3, 0.4) is 0 Å². The number of carbonyl (C=O) groups is 2. The molecule has 4 nitrogen and oxygen atoms in total. The van der Waals surface area contributed by atoms with E-state index in [2.05, 4.69) is 0 Å². The molecule has 142 valence electrons. The van der Waals surface area contributed by atoms with Gasteiger partial charge in [-0.25, -0.2) is 4.79 Å². The van der Waals surface area contributed by atoms with Crippen molar-refractivity contribution in [3.8, 4) is 0 Å². The van der Waals surface area contributed by atoms with Crippen molar-refractivity contribution >= 4 is 40.0 Å². The number of hydrogen-bond acceptors (Lipinski definition) is 3. The minimum atomic E-state index is -2.77. The fourth-order valence-electron chi connectivity index (χ4n) is 3.42. The van der Waals surface area contributed by atoms with E-state index in [9.17, 15) is 14.7 Å². The van der Waals surface area contributed by atoms with E-state index in [4.69, 9.17) is 4.74 Å². The van der Waals surface area contributed by atoms with Gasteiger partial charge in [0.25, 0.3) is 0 Å². The molecule has 0 aliphatic carbocycles. The van der Waals surface area contributed by atoms with Gasteiger partial charge < -0.3 is 9.84 Å². The van der Waals surface area contributed by atoms with Crippen LogP contribution < -0.4 is 15.9 Å². The zero-order valence-electron chi connectivity index (χ0n) is 15.5. The molecule has 0 saturated heterocycles. The van der Waals surface area contributed by atoms with Gasteiger partial charge in [0.05, 0.1) is 18.8 Å². The summed E-state index contributed by atoms with van der Waals surface area (Å²) in [5.41, 5.74) is 0. The van der Waals surface area contributed by atoms with Gasteiger partial charge in [-0.15, -0.1) is 0 Å². The number of hydrogen-bond donors (Lipinski definition) is 1. The molecule has 0 radical (unpaired) electrons. The molecule has 0 saturated carbocycles. The molecule has 3 aromatic carbocycles. The van der Waals surface area contributed by atoms with Crippen LogP contribution in [0, 0.1) is 0 Å². The van der Waals surface area contributed by atoms with Crippen molar-refractivity contribution in [1.29, 1.82) is 0 Å². The summed E-state index contributed by atoms with van der Waals surface area (Å²) in [4.78, 5) is 24.7. The molecule has 28 heavy (non-hydrogen) atoms. The highest BCUT2D eigenvalue weighted by molar-refractivity contribution is 7.96. The highest BCUT2D eigenvalue weighted by Gasteiger charge is 2.34. The highest BCUT2D eigenvalue weighted by atomic mass is 31.2. The molecule has 3 aromatic rings. The average molecular weight is 392 g/mol. The van der Waals surface area contributed by atoms with Crippen molar-refractivity contribution in [3.05, 3.63) is 91.0 Å². The zero-order valence-corrected chi connectivity index (χ0v) is 16.4. The SMILES string of the molecule is COC(=O)CC(C(=O)O)=P(c1ccccc1)(c1ccccc1)c1ccccc1. The third kappa shape index (κ3) is 3.64. The summed E-state index contributed by atoms with van der Waals surface area (Å²) in [6.07, 6.45) is -0.279. The Balaban J connectivity index is 2.56. The number of esters is 1. The van der Waals surface area contributed by atoms with Gasteiger partial charge in [0.2, 0.25) is 0 Å². The van der Waals surface area contributed by atoms with Crippen LogP contribution in [0.1, 0.15) is 6.42 Å². The first kappa shape index (κ1) is 19.7. The van der Waals surface area contributed by atoms with E-state index in [1.54, 1.807) is 0 Å². The molecule has 5 heteroatoms. The van der Waals surface area contributed by atoms with Crippen molar-refractivity contribution < 1.29 is 19.4 Å². The van der Waals surface area contributed by atoms with E-state index < -0.39 is 18.8 Å². The van der Waals surface area contributed by atoms with Crippen molar-refractivity contribution in [2.24, 2.45) is 0 Å². The molecular formula is C23H21O4P. The van der Waals surface area contributed by atoms with Crippen molar-refractivity contribution in [2.75, 3.05) is 7.11 Å². The van der Waals surface area contributed by atoms with Gasteiger partial charge in [-0.05, 0) is 22.8 Å². The number of aliphatic carboxylic acids is 1. The first-order valence-electron chi connectivity index (χ1n) is 8.83. The number of carboxylic acids is 1. The van der Waals surface area contributed by atoms with Crippen LogP contribution >= 0.6 is 6.89 Å². The Morgan fingerprint density at radius 3 is 1.39 bits per heavy atom. The van der Waals surface area contributed by atoms with Crippen LogP contribution in [0.5, 0.6) is 0 Å². The number of ether oxygens (including phenoxy) is 1. The smallest absolute Gasteiger partial charge is 0.333 e. The molecule has 0 amide bonds. The summed E-state index contributed by atoms with van der Waals surface area (Å²) in [5, 5.41) is 13.0. The molecule has 3 rings (SSSR count). The van der Waals surface area contributed by atoms with E-state index in [0.29, 0.717) is 0 Å². The maximum Gasteiger partial charge on any atom is 0.333 e. The third-order valence-electron chi connectivity index (χ3n) is 4.62. The Bertz CT molecular complexity index is 909. The van der Waals surface area contributed by atoms with Crippen LogP contribution in [-0.4, -0.2) is 29.4 Å². The standard InChI is InChI=1S/C23H21O4P/c1-27-22(24)17-21(23(25)26)28(18-11-5-2-6-12-18,19-13-7-3-8-14-19)20-15-9-4-10-16-20/h2-16H,17H2,1H3,(H,25,26). The van der Waals surface area contributed by atoms with E-state index in [0.717, 1.165) is 15.9 Å². The zero-order chi connectivity index (χ0) is 20.0. The van der Waals surface area contributed by atoms with E-state index in [1.165, 1.54) is 7.11 Å². The first-order chi connectivity index (χ1) is 13.6. The summed E-state index contributed by atoms with van der Waals surface area (Å²) in [6, 6.07) is 28.7. The fourth-order valence-corrected chi connectivity index (χ4v) is 7.76. The molecule has 0 heterocycles. The Morgan fingerprint density at radius 1 is 0.750 bits per heavy atom. The predicted molar refractivity (Wildman–Crippen MR) is 114 cm³/mol. The van der Waals surface area contributed by atoms with Gasteiger partial charge in [0.1, 0.15) is 0 Å². The Hall–Kier alpha value is -3.10. The Morgan fingerprint density at radius 2 is 1.11 bits per heavy atom. The van der Waals surface area contributed by atoms with Crippen molar-refractivity contribution in [1.82, 2.24) is 0 Å². The van der Waals surface area contributed by atoms with Gasteiger partial charge in [-0.2, -0.15) is 0 Å². The minimum Gasteiger partial charge on any atom is -0.478 e. The van der Waals surface area contributed by atoms with Gasteiger partial charge in [-0.1, -0.05) is 91.0 Å². The molecular weight excluding hydrogens is 371 g/mol. The first-order valence-corrected chi connectivity index (χ1v) is 10.6. The molecule has 0 spiro atoms. The lowest BCUT2D eigenvalue weighted by Crippen LogP contribution is -2.34. The second-order valence-corrected chi connectivity index (χ2v) is 9.61. The lowest BCUT2D eigenvalue weighted by molar-refractivity contribution is -0.140. The Kier molecular flexibility index (Phi) is 6.13. The largest absolute Gasteiger partial charge is 0.478 e. The maximum absolute atomic E-state index is 12.5. The van der Waals surface area contributed by atoms with Crippen LogP contribution in [0.4, 0.5) is 0 Å². The number of methoxy groups -OCH3 is 1. The lowest BCUT2D eigenvalue weighted by Gasteiger charge is -2.31. The van der Waals surface area contributed by atoms with Crippen LogP contribution in [-0.2, 0) is 14.3 Å². The van der Waals surface area contributed by atoms with Crippen LogP contribution in [0.2, 0.25) is 0 Å². The molecule has 0 unspecified atom stereocenters. The van der Waals surface area contributed by atoms with Crippen molar-refractivity contribution in [3.63, 3.8) is 0 Å². The summed E-state index contributed by atoms with van der Waals surface area (Å²) >= 11 is 0. The topological polar surface area (TPSA) is 63.6 Å². The van der Waals surface area contributed by atoms with E-state index >= 15 is 0 Å². The van der Waals surface area contributed by atoms with E-state index in [-0.39, 0.29) is 11.7 Å². The number of carbonyl (C=O) groups excluding carboxylic acids is 1. The lowest BCUT2D eigenvalue weighted by atomic mass is 10.3. The summed E-state index contributed by atoms with van der Waals surface area (Å²) in [5.74, 6) is -1.65. The van der Waals surface area contributed by atoms with Gasteiger partial charge in [-0.3, -0.25) is 4.79 Å². The summed E-state index contributed by atoms with van der Waals surface area (Å²) < 4.78 is 4.83. The monoisotopic (exact) mass is 392 g/mol. The second kappa shape index (κ2) is 8.73. The molecule has 0 fully saturated rings. The molecule has 0 atom stereocenters. The van der Waals surface area contributed by atoms with Gasteiger partial charge in [0.15, 0.2) is 0 Å². The maximum atomic E-state index is 12.5. The minimum absolute atomic E-state index is 0.156. The third-order valence-corrected chi connectivity index (χ3v) is 9.00. The van der Waals surface area contributed by atoms with Gasteiger partial charge in [0, 0.05) is 0 Å². The van der Waals surface area contributed by atoms with Crippen LogP contribution in [0.15, 0.2) is 91.0 Å². The summed E-state index contributed by atoms with van der Waals surface area (Å²) in [6.45, 7) is -2.77.